The molecule has 2 aliphatic rings. The molecule has 4 aromatic carbocycles. The molecule has 0 heteroatoms. The van der Waals surface area contributed by atoms with Gasteiger partial charge in [0.2, 0.25) is 0 Å². The van der Waals surface area contributed by atoms with Gasteiger partial charge in [0, 0.05) is 0 Å². The van der Waals surface area contributed by atoms with Crippen LogP contribution in [0, 0.1) is 0 Å². The summed E-state index contributed by atoms with van der Waals surface area (Å²) >= 11 is 0. The first-order chi connectivity index (χ1) is 17.4. The summed E-state index contributed by atoms with van der Waals surface area (Å²) in [4.78, 5) is 0. The first-order valence-electron chi connectivity index (χ1n) is 14.4. The first-order valence-corrected chi connectivity index (χ1v) is 14.4. The lowest BCUT2D eigenvalue weighted by molar-refractivity contribution is 0.655. The maximum Gasteiger partial charge on any atom is -0.0114 e. The van der Waals surface area contributed by atoms with Crippen LogP contribution in [-0.2, 0) is 0 Å². The largest absolute Gasteiger partial charge is 0.0683 e. The summed E-state index contributed by atoms with van der Waals surface area (Å²) in [5.41, 5.74) is 6.13. The fourth-order valence-electron chi connectivity index (χ4n) is 5.39. The SMILES string of the molecule is CC.CC1c2cccc3cccc(c23)C1C.CC1c2cccc3cccc(c23)C1C.CCC.CCC. The van der Waals surface area contributed by atoms with Crippen LogP contribution in [0.5, 0.6) is 0 Å². The van der Waals surface area contributed by atoms with Crippen molar-refractivity contribution >= 4 is 21.5 Å². The van der Waals surface area contributed by atoms with Crippen LogP contribution in [0.4, 0.5) is 0 Å². The van der Waals surface area contributed by atoms with E-state index in [0.29, 0.717) is 23.7 Å². The van der Waals surface area contributed by atoms with E-state index in [4.69, 9.17) is 0 Å². The fraction of sp³-hybridized carbons (Fsp3) is 0.444. The quantitative estimate of drug-likeness (QED) is 0.234. The van der Waals surface area contributed by atoms with Crippen molar-refractivity contribution in [1.29, 1.82) is 0 Å². The molecule has 0 nitrogen and oxygen atoms in total. The van der Waals surface area contributed by atoms with Crippen molar-refractivity contribution in [3.8, 4) is 0 Å². The van der Waals surface area contributed by atoms with Gasteiger partial charge in [-0.25, -0.2) is 0 Å². The molecule has 36 heavy (non-hydrogen) atoms. The van der Waals surface area contributed by atoms with Gasteiger partial charge in [-0.1, -0.05) is 155 Å². The van der Waals surface area contributed by atoms with Gasteiger partial charge in [0.15, 0.2) is 0 Å². The third kappa shape index (κ3) is 6.03. The molecule has 0 amide bonds. The highest BCUT2D eigenvalue weighted by Gasteiger charge is 2.28. The predicted octanol–water partition coefficient (Wildman–Crippen LogP) is 12.0. The summed E-state index contributed by atoms with van der Waals surface area (Å²) in [7, 11) is 0. The normalized spacial score (nSPS) is 20.2. The van der Waals surface area contributed by atoms with E-state index in [1.807, 2.05) is 13.8 Å². The first kappa shape index (κ1) is 29.6. The Morgan fingerprint density at radius 1 is 0.417 bits per heavy atom. The van der Waals surface area contributed by atoms with E-state index in [1.54, 1.807) is 0 Å². The van der Waals surface area contributed by atoms with E-state index in [1.165, 1.54) is 56.6 Å². The van der Waals surface area contributed by atoms with Crippen molar-refractivity contribution in [2.24, 2.45) is 0 Å². The molecule has 0 aliphatic heterocycles. The third-order valence-corrected chi connectivity index (χ3v) is 7.40. The summed E-state index contributed by atoms with van der Waals surface area (Å²) < 4.78 is 0. The van der Waals surface area contributed by atoms with Crippen LogP contribution < -0.4 is 0 Å². The highest BCUT2D eigenvalue weighted by atomic mass is 14.3. The van der Waals surface area contributed by atoms with Crippen molar-refractivity contribution in [3.63, 3.8) is 0 Å². The van der Waals surface area contributed by atoms with Crippen LogP contribution in [0.3, 0.4) is 0 Å². The Hall–Kier alpha value is -2.60. The molecular weight excluding hydrogens is 432 g/mol. The second-order valence-corrected chi connectivity index (χ2v) is 10.2. The van der Waals surface area contributed by atoms with Gasteiger partial charge in [-0.2, -0.15) is 0 Å². The second kappa shape index (κ2) is 14.2. The minimum absolute atomic E-state index is 0.677. The summed E-state index contributed by atoms with van der Waals surface area (Å²) in [6.07, 6.45) is 2.50. The number of rotatable bonds is 0. The van der Waals surface area contributed by atoms with Gasteiger partial charge in [-0.05, 0) is 67.5 Å². The molecule has 2 aliphatic carbocycles. The maximum absolute atomic E-state index is 2.33. The minimum Gasteiger partial charge on any atom is -0.0683 e. The van der Waals surface area contributed by atoms with E-state index in [2.05, 4.69) is 128 Å². The Balaban J connectivity index is 0.000000198. The number of hydrogen-bond donors (Lipinski definition) is 0. The molecule has 0 saturated heterocycles. The molecular formula is C36H50. The molecule has 194 valence electrons. The Kier molecular flexibility index (Phi) is 11.7. The Morgan fingerprint density at radius 2 is 0.611 bits per heavy atom. The molecule has 0 heterocycles. The molecule has 0 saturated carbocycles. The fourth-order valence-corrected chi connectivity index (χ4v) is 5.39. The molecule has 0 fully saturated rings. The van der Waals surface area contributed by atoms with E-state index < -0.39 is 0 Å². The van der Waals surface area contributed by atoms with Crippen LogP contribution >= 0.6 is 0 Å². The van der Waals surface area contributed by atoms with Gasteiger partial charge in [0.1, 0.15) is 0 Å². The zero-order valence-corrected chi connectivity index (χ0v) is 24.7. The average molecular weight is 483 g/mol. The highest BCUT2D eigenvalue weighted by molar-refractivity contribution is 5.93. The second-order valence-electron chi connectivity index (χ2n) is 10.2. The van der Waals surface area contributed by atoms with Crippen molar-refractivity contribution in [3.05, 3.63) is 95.1 Å². The molecule has 4 aromatic rings. The van der Waals surface area contributed by atoms with Crippen LogP contribution in [0.15, 0.2) is 72.8 Å². The molecule has 0 spiro atoms. The maximum atomic E-state index is 2.33. The van der Waals surface area contributed by atoms with Crippen molar-refractivity contribution < 1.29 is 0 Å². The minimum atomic E-state index is 0.677. The molecule has 0 aromatic heterocycles. The summed E-state index contributed by atoms with van der Waals surface area (Å²) in [5.74, 6) is 2.71. The number of benzene rings is 4. The van der Waals surface area contributed by atoms with E-state index in [0.717, 1.165) is 0 Å². The Bertz CT molecular complexity index is 1030. The van der Waals surface area contributed by atoms with Crippen LogP contribution in [0.1, 0.15) is 128 Å². The standard InChI is InChI=1S/2C14H14.2C3H8.C2H6/c2*1-9-10(2)13-8-4-6-11-5-3-7-12(9)14(11)13;2*1-3-2;1-2/h2*3-10H,1-2H3;2*3H2,1-2H3;1-2H3. The molecule has 4 unspecified atom stereocenters. The van der Waals surface area contributed by atoms with Crippen LogP contribution in [0.2, 0.25) is 0 Å². The monoisotopic (exact) mass is 482 g/mol. The van der Waals surface area contributed by atoms with Crippen molar-refractivity contribution in [2.45, 2.75) is 106 Å². The Morgan fingerprint density at radius 3 is 0.806 bits per heavy atom. The smallest absolute Gasteiger partial charge is 0.0114 e. The summed E-state index contributed by atoms with van der Waals surface area (Å²) in [6, 6.07) is 26.7. The Labute approximate surface area is 222 Å². The van der Waals surface area contributed by atoms with Gasteiger partial charge < -0.3 is 0 Å². The number of hydrogen-bond acceptors (Lipinski definition) is 0. The third-order valence-electron chi connectivity index (χ3n) is 7.40. The molecule has 0 radical (unpaired) electrons. The van der Waals surface area contributed by atoms with Gasteiger partial charge in [0.25, 0.3) is 0 Å². The van der Waals surface area contributed by atoms with Gasteiger partial charge in [-0.15, -0.1) is 0 Å². The lowest BCUT2D eigenvalue weighted by Gasteiger charge is -2.10. The molecule has 4 atom stereocenters. The van der Waals surface area contributed by atoms with E-state index in [9.17, 15) is 0 Å². The zero-order chi connectivity index (χ0) is 26.8. The molecule has 0 N–H and O–H groups in total. The highest BCUT2D eigenvalue weighted by Crippen LogP contribution is 2.46. The predicted molar refractivity (Wildman–Crippen MR) is 165 cm³/mol. The van der Waals surface area contributed by atoms with Crippen LogP contribution in [0.25, 0.3) is 21.5 Å². The average Bonchev–Trinajstić information content (AvgIpc) is 3.31. The van der Waals surface area contributed by atoms with Crippen LogP contribution in [-0.4, -0.2) is 0 Å². The van der Waals surface area contributed by atoms with Crippen molar-refractivity contribution in [1.82, 2.24) is 0 Å². The lowest BCUT2D eigenvalue weighted by Crippen LogP contribution is -1.95. The van der Waals surface area contributed by atoms with E-state index in [-0.39, 0.29) is 0 Å². The molecule has 0 bridgehead atoms. The summed E-state index contributed by atoms with van der Waals surface area (Å²) in [5, 5.41) is 5.82. The van der Waals surface area contributed by atoms with Gasteiger partial charge in [0.05, 0.1) is 0 Å². The summed E-state index contributed by atoms with van der Waals surface area (Å²) in [6.45, 7) is 21.8. The zero-order valence-electron chi connectivity index (χ0n) is 24.7. The van der Waals surface area contributed by atoms with Crippen molar-refractivity contribution in [2.75, 3.05) is 0 Å². The van der Waals surface area contributed by atoms with Gasteiger partial charge in [-0.3, -0.25) is 0 Å². The lowest BCUT2D eigenvalue weighted by atomic mass is 9.94. The van der Waals surface area contributed by atoms with E-state index >= 15 is 0 Å². The topological polar surface area (TPSA) is 0 Å². The van der Waals surface area contributed by atoms with Gasteiger partial charge >= 0.3 is 0 Å². The molecule has 6 rings (SSSR count).